The summed E-state index contributed by atoms with van der Waals surface area (Å²) in [4.78, 5) is 44.2. The molecular formula is C27H32N6O4. The molecule has 0 fully saturated rings. The molecule has 4 N–H and O–H groups in total. The molecule has 2 unspecified atom stereocenters. The van der Waals surface area contributed by atoms with Gasteiger partial charge in [0.05, 0.1) is 35.6 Å². The maximum atomic E-state index is 14.1. The van der Waals surface area contributed by atoms with Crippen LogP contribution in [0.5, 0.6) is 5.75 Å². The third-order valence-corrected chi connectivity index (χ3v) is 7.12. The predicted molar refractivity (Wildman–Crippen MR) is 140 cm³/mol. The predicted octanol–water partition coefficient (Wildman–Crippen LogP) is 2.42. The van der Waals surface area contributed by atoms with Gasteiger partial charge in [-0.15, -0.1) is 0 Å². The quantitative estimate of drug-likeness (QED) is 0.495. The maximum absolute atomic E-state index is 14.1. The molecule has 1 aromatic heterocycles. The lowest BCUT2D eigenvalue weighted by Gasteiger charge is -2.45. The molecule has 1 aliphatic rings. The molecule has 3 aromatic rings. The van der Waals surface area contributed by atoms with Crippen LogP contribution in [0.4, 0.5) is 17.1 Å². The van der Waals surface area contributed by atoms with E-state index in [4.69, 9.17) is 16.2 Å². The first-order chi connectivity index (χ1) is 17.5. The molecule has 37 heavy (non-hydrogen) atoms. The number of rotatable bonds is 6. The molecule has 2 atom stereocenters. The van der Waals surface area contributed by atoms with Gasteiger partial charge in [-0.2, -0.15) is 5.10 Å². The van der Waals surface area contributed by atoms with E-state index < -0.39 is 35.2 Å². The molecular weight excluding hydrogens is 472 g/mol. The number of methoxy groups -OCH3 is 1. The molecule has 0 bridgehead atoms. The van der Waals surface area contributed by atoms with Gasteiger partial charge in [0.15, 0.2) is 11.6 Å². The summed E-state index contributed by atoms with van der Waals surface area (Å²) in [7, 11) is 3.31. The van der Waals surface area contributed by atoms with Crippen LogP contribution in [0.2, 0.25) is 0 Å². The van der Waals surface area contributed by atoms with Crippen molar-refractivity contribution in [3.05, 3.63) is 65.5 Å². The fourth-order valence-corrected chi connectivity index (χ4v) is 5.25. The number of anilines is 3. The van der Waals surface area contributed by atoms with Crippen LogP contribution in [-0.4, -0.2) is 40.7 Å². The van der Waals surface area contributed by atoms with Crippen LogP contribution in [-0.2, 0) is 27.0 Å². The van der Waals surface area contributed by atoms with Crippen LogP contribution in [0.25, 0.3) is 0 Å². The van der Waals surface area contributed by atoms with E-state index in [1.54, 1.807) is 81.0 Å². The van der Waals surface area contributed by atoms with Gasteiger partial charge in [0.1, 0.15) is 5.75 Å². The lowest BCUT2D eigenvalue weighted by molar-refractivity contribution is -0.133. The minimum absolute atomic E-state index is 0.333. The van der Waals surface area contributed by atoms with Crippen LogP contribution in [0.15, 0.2) is 48.5 Å². The highest BCUT2D eigenvalue weighted by atomic mass is 16.5. The molecule has 0 radical (unpaired) electrons. The first-order valence-electron chi connectivity index (χ1n) is 12.0. The Morgan fingerprint density at radius 3 is 2.11 bits per heavy atom. The second-order valence-corrected chi connectivity index (χ2v) is 9.47. The van der Waals surface area contributed by atoms with Gasteiger partial charge in [-0.05, 0) is 49.6 Å². The average molecular weight is 505 g/mol. The Bertz CT molecular complexity index is 1380. The summed E-state index contributed by atoms with van der Waals surface area (Å²) in [5.74, 6) is -2.03. The second-order valence-electron chi connectivity index (χ2n) is 9.47. The van der Waals surface area contributed by atoms with E-state index in [0.29, 0.717) is 39.8 Å². The molecule has 3 amide bonds. The van der Waals surface area contributed by atoms with Crippen LogP contribution >= 0.6 is 0 Å². The number of carbonyl (C=O) groups is 3. The fraction of sp³-hybridized carbons (Fsp3) is 0.333. The molecule has 2 heterocycles. The number of hydrogen-bond donors (Lipinski definition) is 2. The van der Waals surface area contributed by atoms with Gasteiger partial charge in [0.25, 0.3) is 11.8 Å². The zero-order valence-corrected chi connectivity index (χ0v) is 21.9. The van der Waals surface area contributed by atoms with Gasteiger partial charge in [-0.1, -0.05) is 38.1 Å². The van der Waals surface area contributed by atoms with Crippen LogP contribution in [0.1, 0.15) is 30.8 Å². The molecule has 2 aromatic carbocycles. The standard InChI is InChI=1S/C27H32N6O4/c1-15(2)27(26(29)36,18-11-13-19(37-6)14-12-18)33-21-10-8-7-9-20(21)32(24(34)22(28)25(33)35)23-16(3)30-31(5)17(23)4/h7-15,22H,28H2,1-6H3,(H2,29,36). The van der Waals surface area contributed by atoms with E-state index in [1.165, 1.54) is 16.9 Å². The molecule has 0 saturated heterocycles. The van der Waals surface area contributed by atoms with E-state index in [9.17, 15) is 14.4 Å². The normalized spacial score (nSPS) is 17.5. The number of nitrogens with two attached hydrogens (primary N) is 2. The highest BCUT2D eigenvalue weighted by molar-refractivity contribution is 6.24. The number of ether oxygens (including phenoxy) is 1. The Morgan fingerprint density at radius 2 is 1.62 bits per heavy atom. The highest BCUT2D eigenvalue weighted by Gasteiger charge is 2.54. The van der Waals surface area contributed by atoms with Crippen LogP contribution in [0, 0.1) is 19.8 Å². The van der Waals surface area contributed by atoms with Gasteiger partial charge >= 0.3 is 0 Å². The van der Waals surface area contributed by atoms with Crippen molar-refractivity contribution in [1.29, 1.82) is 0 Å². The third-order valence-electron chi connectivity index (χ3n) is 7.12. The van der Waals surface area contributed by atoms with Gasteiger partial charge in [0.2, 0.25) is 5.91 Å². The monoisotopic (exact) mass is 504 g/mol. The lowest BCUT2D eigenvalue weighted by atomic mass is 9.76. The molecule has 0 aliphatic carbocycles. The smallest absolute Gasteiger partial charge is 0.258 e. The van der Waals surface area contributed by atoms with Gasteiger partial charge < -0.3 is 16.2 Å². The van der Waals surface area contributed by atoms with Crippen molar-refractivity contribution in [3.8, 4) is 5.75 Å². The number of primary amides is 1. The van der Waals surface area contributed by atoms with E-state index in [1.807, 2.05) is 6.92 Å². The minimum Gasteiger partial charge on any atom is -0.497 e. The fourth-order valence-electron chi connectivity index (χ4n) is 5.25. The van der Waals surface area contributed by atoms with Crippen LogP contribution < -0.4 is 26.0 Å². The first-order valence-corrected chi connectivity index (χ1v) is 12.0. The number of aromatic nitrogens is 2. The first kappa shape index (κ1) is 25.9. The van der Waals surface area contributed by atoms with Crippen molar-refractivity contribution in [1.82, 2.24) is 9.78 Å². The molecule has 194 valence electrons. The van der Waals surface area contributed by atoms with Crippen molar-refractivity contribution in [2.24, 2.45) is 24.4 Å². The van der Waals surface area contributed by atoms with Gasteiger partial charge in [-0.3, -0.25) is 28.9 Å². The van der Waals surface area contributed by atoms with Gasteiger partial charge in [-0.25, -0.2) is 0 Å². The van der Waals surface area contributed by atoms with Gasteiger partial charge in [0, 0.05) is 7.05 Å². The van der Waals surface area contributed by atoms with Crippen molar-refractivity contribution in [2.45, 2.75) is 39.3 Å². The average Bonchev–Trinajstić information content (AvgIpc) is 3.08. The second kappa shape index (κ2) is 9.36. The molecule has 0 saturated carbocycles. The third kappa shape index (κ3) is 3.75. The molecule has 10 heteroatoms. The maximum Gasteiger partial charge on any atom is 0.258 e. The van der Waals surface area contributed by atoms with E-state index in [2.05, 4.69) is 5.10 Å². The zero-order chi connectivity index (χ0) is 27.2. The van der Waals surface area contributed by atoms with Crippen LogP contribution in [0.3, 0.4) is 0 Å². The van der Waals surface area contributed by atoms with E-state index >= 15 is 0 Å². The Morgan fingerprint density at radius 1 is 1.03 bits per heavy atom. The Balaban J connectivity index is 2.08. The summed E-state index contributed by atoms with van der Waals surface area (Å²) in [6.45, 7) is 7.22. The zero-order valence-electron chi connectivity index (χ0n) is 21.9. The number of carbonyl (C=O) groups excluding carboxylic acids is 3. The topological polar surface area (TPSA) is 137 Å². The Hall–Kier alpha value is -4.18. The van der Waals surface area contributed by atoms with Crippen molar-refractivity contribution in [3.63, 3.8) is 0 Å². The Labute approximate surface area is 215 Å². The number of benzene rings is 2. The lowest BCUT2D eigenvalue weighted by Crippen LogP contribution is -2.64. The van der Waals surface area contributed by atoms with Crippen molar-refractivity contribution in [2.75, 3.05) is 16.9 Å². The molecule has 4 rings (SSSR count). The SMILES string of the molecule is COc1ccc(C(C(N)=O)(C(C)C)N2C(=O)C(N)C(=O)N(c3c(C)nn(C)c3C)c3ccccc32)cc1. The Kier molecular flexibility index (Phi) is 6.55. The van der Waals surface area contributed by atoms with Crippen molar-refractivity contribution < 1.29 is 19.1 Å². The molecule has 10 nitrogen and oxygen atoms in total. The summed E-state index contributed by atoms with van der Waals surface area (Å²) >= 11 is 0. The van der Waals surface area contributed by atoms with E-state index in [-0.39, 0.29) is 0 Å². The molecule has 0 spiro atoms. The molecule has 1 aliphatic heterocycles. The summed E-state index contributed by atoms with van der Waals surface area (Å²) in [6.07, 6.45) is 0. The van der Waals surface area contributed by atoms with E-state index in [0.717, 1.165) is 0 Å². The number of amides is 3. The highest BCUT2D eigenvalue weighted by Crippen LogP contribution is 2.47. The number of nitrogens with zero attached hydrogens (tertiary/aromatic N) is 4. The summed E-state index contributed by atoms with van der Waals surface area (Å²) < 4.78 is 6.95. The summed E-state index contributed by atoms with van der Waals surface area (Å²) in [5.41, 5.74) is 13.9. The number of hydrogen-bond acceptors (Lipinski definition) is 6. The minimum atomic E-state index is -1.66. The summed E-state index contributed by atoms with van der Waals surface area (Å²) in [5, 5.41) is 4.45. The van der Waals surface area contributed by atoms with Crippen molar-refractivity contribution >= 4 is 34.8 Å². The summed E-state index contributed by atoms with van der Waals surface area (Å²) in [6, 6.07) is 12.1. The largest absolute Gasteiger partial charge is 0.497 e. The number of fused-ring (bicyclic) bond motifs is 1. The number of para-hydroxylation sites is 2. The number of aryl methyl sites for hydroxylation is 2.